The Morgan fingerprint density at radius 2 is 2.33 bits per heavy atom. The molecule has 0 bridgehead atoms. The Morgan fingerprint density at radius 1 is 1.60 bits per heavy atom. The van der Waals surface area contributed by atoms with Crippen molar-refractivity contribution in [3.8, 4) is 0 Å². The van der Waals surface area contributed by atoms with Gasteiger partial charge in [0.05, 0.1) is 12.5 Å². The third-order valence-electron chi connectivity index (χ3n) is 1.95. The molecule has 1 atom stereocenters. The summed E-state index contributed by atoms with van der Waals surface area (Å²) in [5.74, 6) is -1.80. The van der Waals surface area contributed by atoms with Crippen LogP contribution >= 0.6 is 11.3 Å². The molecule has 0 spiro atoms. The van der Waals surface area contributed by atoms with Crippen LogP contribution in [0.25, 0.3) is 0 Å². The summed E-state index contributed by atoms with van der Waals surface area (Å²) in [6.07, 6.45) is 0.0285. The first-order valence-electron chi connectivity index (χ1n) is 4.61. The van der Waals surface area contributed by atoms with Gasteiger partial charge in [-0.05, 0) is 11.4 Å². The second-order valence-electron chi connectivity index (χ2n) is 3.30. The van der Waals surface area contributed by atoms with Gasteiger partial charge in [-0.2, -0.15) is 0 Å². The van der Waals surface area contributed by atoms with Crippen LogP contribution in [0.5, 0.6) is 0 Å². The number of thiophene rings is 1. The van der Waals surface area contributed by atoms with E-state index in [2.05, 4.69) is 5.32 Å². The van der Waals surface area contributed by atoms with Crippen molar-refractivity contribution in [2.75, 3.05) is 0 Å². The molecular weight excluding hydrogens is 214 g/mol. The van der Waals surface area contributed by atoms with Crippen LogP contribution in [0.1, 0.15) is 18.2 Å². The van der Waals surface area contributed by atoms with Crippen LogP contribution in [0.2, 0.25) is 0 Å². The van der Waals surface area contributed by atoms with Gasteiger partial charge in [-0.1, -0.05) is 13.0 Å². The highest BCUT2D eigenvalue weighted by Gasteiger charge is 2.15. The standard InChI is InChI=1S/C10H13NO3S/c1-7(10(13)14)5-9(12)11-6-8-3-2-4-15-8/h2-4,7H,5-6H2,1H3,(H,11,12)(H,13,14). The van der Waals surface area contributed by atoms with Crippen LogP contribution in [-0.2, 0) is 16.1 Å². The average Bonchev–Trinajstić information content (AvgIpc) is 2.66. The van der Waals surface area contributed by atoms with Crippen molar-refractivity contribution in [3.63, 3.8) is 0 Å². The number of amides is 1. The molecule has 2 N–H and O–H groups in total. The van der Waals surface area contributed by atoms with Crippen molar-refractivity contribution in [2.24, 2.45) is 5.92 Å². The van der Waals surface area contributed by atoms with Crippen LogP contribution in [0.15, 0.2) is 17.5 Å². The molecule has 0 aliphatic carbocycles. The molecule has 1 rings (SSSR count). The molecule has 1 amide bonds. The Kier molecular flexibility index (Phi) is 4.30. The number of nitrogens with one attached hydrogen (secondary N) is 1. The molecule has 0 aliphatic rings. The second-order valence-corrected chi connectivity index (χ2v) is 4.33. The number of hydrogen-bond acceptors (Lipinski definition) is 3. The highest BCUT2D eigenvalue weighted by Crippen LogP contribution is 2.08. The normalized spacial score (nSPS) is 12.1. The van der Waals surface area contributed by atoms with Crippen molar-refractivity contribution in [3.05, 3.63) is 22.4 Å². The first-order valence-corrected chi connectivity index (χ1v) is 5.49. The molecule has 4 nitrogen and oxygen atoms in total. The molecule has 15 heavy (non-hydrogen) atoms. The lowest BCUT2D eigenvalue weighted by molar-refractivity contribution is -0.143. The van der Waals surface area contributed by atoms with Gasteiger partial charge in [0.2, 0.25) is 5.91 Å². The Bertz CT molecular complexity index is 334. The minimum atomic E-state index is -0.943. The Morgan fingerprint density at radius 3 is 2.87 bits per heavy atom. The summed E-state index contributed by atoms with van der Waals surface area (Å²) in [6.45, 7) is 2.00. The number of carboxylic acids is 1. The minimum Gasteiger partial charge on any atom is -0.481 e. The number of hydrogen-bond donors (Lipinski definition) is 2. The van der Waals surface area contributed by atoms with Gasteiger partial charge in [0.15, 0.2) is 0 Å². The summed E-state index contributed by atoms with van der Waals surface area (Å²) in [7, 11) is 0. The van der Waals surface area contributed by atoms with Crippen molar-refractivity contribution in [2.45, 2.75) is 19.9 Å². The molecular formula is C10H13NO3S. The Balaban J connectivity index is 2.28. The van der Waals surface area contributed by atoms with Crippen LogP contribution < -0.4 is 5.32 Å². The van der Waals surface area contributed by atoms with E-state index >= 15 is 0 Å². The molecule has 1 unspecified atom stereocenters. The van der Waals surface area contributed by atoms with E-state index in [0.717, 1.165) is 4.88 Å². The van der Waals surface area contributed by atoms with Gasteiger partial charge in [-0.15, -0.1) is 11.3 Å². The molecule has 5 heteroatoms. The second kappa shape index (κ2) is 5.50. The zero-order valence-corrected chi connectivity index (χ0v) is 9.21. The van der Waals surface area contributed by atoms with Crippen molar-refractivity contribution in [1.29, 1.82) is 0 Å². The van der Waals surface area contributed by atoms with Gasteiger partial charge in [-0.3, -0.25) is 9.59 Å². The molecule has 1 aromatic heterocycles. The van der Waals surface area contributed by atoms with E-state index in [1.54, 1.807) is 11.3 Å². The fourth-order valence-corrected chi connectivity index (χ4v) is 1.68. The zero-order chi connectivity index (χ0) is 11.3. The summed E-state index contributed by atoms with van der Waals surface area (Å²) >= 11 is 1.56. The minimum absolute atomic E-state index is 0.0285. The molecule has 0 aliphatic heterocycles. The van der Waals surface area contributed by atoms with Gasteiger partial charge in [-0.25, -0.2) is 0 Å². The summed E-state index contributed by atoms with van der Waals surface area (Å²) in [5, 5.41) is 13.2. The first-order chi connectivity index (χ1) is 7.09. The molecule has 0 radical (unpaired) electrons. The molecule has 1 aromatic rings. The van der Waals surface area contributed by atoms with Crippen molar-refractivity contribution >= 4 is 23.2 Å². The molecule has 0 fully saturated rings. The SMILES string of the molecule is CC(CC(=O)NCc1cccs1)C(=O)O. The predicted octanol–water partition coefficient (Wildman–Crippen LogP) is 1.48. The third kappa shape index (κ3) is 4.12. The van der Waals surface area contributed by atoms with Crippen LogP contribution in [-0.4, -0.2) is 17.0 Å². The lowest BCUT2D eigenvalue weighted by atomic mass is 10.1. The molecule has 1 heterocycles. The van der Waals surface area contributed by atoms with Gasteiger partial charge >= 0.3 is 5.97 Å². The number of carboxylic acid groups (broad SMARTS) is 1. The van der Waals surface area contributed by atoms with Crippen LogP contribution in [0.3, 0.4) is 0 Å². The van der Waals surface area contributed by atoms with Gasteiger partial charge in [0.1, 0.15) is 0 Å². The van der Waals surface area contributed by atoms with Gasteiger partial charge in [0.25, 0.3) is 0 Å². The summed E-state index contributed by atoms with van der Waals surface area (Å²) < 4.78 is 0. The number of rotatable bonds is 5. The zero-order valence-electron chi connectivity index (χ0n) is 8.40. The maximum Gasteiger partial charge on any atom is 0.306 e. The third-order valence-corrected chi connectivity index (χ3v) is 2.83. The van der Waals surface area contributed by atoms with E-state index in [-0.39, 0.29) is 12.3 Å². The van der Waals surface area contributed by atoms with E-state index in [0.29, 0.717) is 6.54 Å². The topological polar surface area (TPSA) is 66.4 Å². The van der Waals surface area contributed by atoms with Gasteiger partial charge < -0.3 is 10.4 Å². The molecule has 82 valence electrons. The Hall–Kier alpha value is -1.36. The molecule has 0 aromatic carbocycles. The summed E-state index contributed by atoms with van der Waals surface area (Å²) in [6, 6.07) is 3.83. The van der Waals surface area contributed by atoms with E-state index in [1.165, 1.54) is 6.92 Å². The van der Waals surface area contributed by atoms with E-state index in [1.807, 2.05) is 17.5 Å². The van der Waals surface area contributed by atoms with Crippen LogP contribution in [0, 0.1) is 5.92 Å². The molecule has 0 saturated heterocycles. The maximum absolute atomic E-state index is 11.3. The highest BCUT2D eigenvalue weighted by molar-refractivity contribution is 7.09. The largest absolute Gasteiger partial charge is 0.481 e. The fraction of sp³-hybridized carbons (Fsp3) is 0.400. The summed E-state index contributed by atoms with van der Waals surface area (Å²) in [4.78, 5) is 22.8. The fourth-order valence-electron chi connectivity index (χ4n) is 1.04. The van der Waals surface area contributed by atoms with Crippen molar-refractivity contribution < 1.29 is 14.7 Å². The van der Waals surface area contributed by atoms with E-state index < -0.39 is 11.9 Å². The quantitative estimate of drug-likeness (QED) is 0.800. The smallest absolute Gasteiger partial charge is 0.306 e. The van der Waals surface area contributed by atoms with Crippen LogP contribution in [0.4, 0.5) is 0 Å². The highest BCUT2D eigenvalue weighted by atomic mass is 32.1. The van der Waals surface area contributed by atoms with Gasteiger partial charge in [0, 0.05) is 11.3 Å². The van der Waals surface area contributed by atoms with E-state index in [9.17, 15) is 9.59 Å². The number of aliphatic carboxylic acids is 1. The summed E-state index contributed by atoms with van der Waals surface area (Å²) in [5.41, 5.74) is 0. The average molecular weight is 227 g/mol. The monoisotopic (exact) mass is 227 g/mol. The van der Waals surface area contributed by atoms with Crippen molar-refractivity contribution in [1.82, 2.24) is 5.32 Å². The lowest BCUT2D eigenvalue weighted by Gasteiger charge is -2.06. The Labute approximate surface area is 91.9 Å². The predicted molar refractivity (Wildman–Crippen MR) is 57.6 cm³/mol. The number of carbonyl (C=O) groups is 2. The van der Waals surface area contributed by atoms with E-state index in [4.69, 9.17) is 5.11 Å². The maximum atomic E-state index is 11.3. The number of carbonyl (C=O) groups excluding carboxylic acids is 1. The first kappa shape index (κ1) is 11.7. The molecule has 0 saturated carbocycles. The lowest BCUT2D eigenvalue weighted by Crippen LogP contribution is -2.26.